The molecule has 1 heterocycles. The average Bonchev–Trinajstić information content (AvgIpc) is 2.78. The molecule has 0 atom stereocenters. The van der Waals surface area contributed by atoms with Gasteiger partial charge in [-0.25, -0.2) is 4.98 Å². The Hall–Kier alpha value is -3.88. The molecule has 0 radical (unpaired) electrons. The lowest BCUT2D eigenvalue weighted by molar-refractivity contribution is -0.121. The fourth-order valence-electron chi connectivity index (χ4n) is 3.18. The van der Waals surface area contributed by atoms with Gasteiger partial charge in [0.15, 0.2) is 11.5 Å². The molecule has 0 bridgehead atoms. The number of aromatic nitrogens is 2. The van der Waals surface area contributed by atoms with Crippen molar-refractivity contribution in [2.45, 2.75) is 25.9 Å². The second-order valence-electron chi connectivity index (χ2n) is 6.91. The van der Waals surface area contributed by atoms with E-state index in [1.807, 2.05) is 0 Å². The average molecular weight is 424 g/mol. The third-order valence-electron chi connectivity index (χ3n) is 4.83. The molecule has 31 heavy (non-hydrogen) atoms. The minimum absolute atomic E-state index is 0.155. The summed E-state index contributed by atoms with van der Waals surface area (Å²) < 4.78 is 12.0. The van der Waals surface area contributed by atoms with E-state index in [1.54, 1.807) is 36.4 Å². The summed E-state index contributed by atoms with van der Waals surface area (Å²) in [6, 6.07) is 10.0. The molecule has 1 aromatic heterocycles. The third kappa shape index (κ3) is 5.19. The fraction of sp³-hybridized carbons (Fsp3) is 0.273. The summed E-state index contributed by atoms with van der Waals surface area (Å²) >= 11 is 0. The molecule has 2 amide bonds. The quantitative estimate of drug-likeness (QED) is 0.538. The first-order chi connectivity index (χ1) is 14.9. The van der Waals surface area contributed by atoms with Crippen molar-refractivity contribution >= 4 is 22.7 Å². The summed E-state index contributed by atoms with van der Waals surface area (Å²) in [7, 11) is 3.02. The molecule has 0 aliphatic rings. The molecule has 0 fully saturated rings. The van der Waals surface area contributed by atoms with Gasteiger partial charge in [-0.1, -0.05) is 12.1 Å². The molecule has 2 aromatic carbocycles. The maximum atomic E-state index is 12.8. The van der Waals surface area contributed by atoms with Gasteiger partial charge in [-0.15, -0.1) is 0 Å². The lowest BCUT2D eigenvalue weighted by Gasteiger charge is -2.11. The number of hydrogen-bond donors (Lipinski definition) is 2. The number of fused-ring (bicyclic) bond motifs is 1. The number of carbonyl (C=O) groups is 2. The summed E-state index contributed by atoms with van der Waals surface area (Å²) in [5.41, 5.74) is 6.73. The zero-order valence-corrected chi connectivity index (χ0v) is 17.4. The highest BCUT2D eigenvalue weighted by molar-refractivity contribution is 5.92. The Balaban J connectivity index is 1.59. The summed E-state index contributed by atoms with van der Waals surface area (Å²) in [4.78, 5) is 40.4. The molecule has 0 saturated carbocycles. The highest BCUT2D eigenvalue weighted by Gasteiger charge is 2.11. The van der Waals surface area contributed by atoms with Gasteiger partial charge >= 0.3 is 0 Å². The van der Waals surface area contributed by atoms with Gasteiger partial charge in [-0.05, 0) is 30.2 Å². The number of nitrogens with zero attached hydrogens (tertiary/aromatic N) is 2. The van der Waals surface area contributed by atoms with Gasteiger partial charge in [0.1, 0.15) is 0 Å². The van der Waals surface area contributed by atoms with Gasteiger partial charge in [0.25, 0.3) is 5.56 Å². The number of hydrogen-bond acceptors (Lipinski definition) is 6. The molecule has 3 aromatic rings. The molecule has 3 rings (SSSR count). The summed E-state index contributed by atoms with van der Waals surface area (Å²) in [6.07, 6.45) is 2.17. The van der Waals surface area contributed by atoms with Crippen LogP contribution in [0, 0.1) is 0 Å². The Labute approximate surface area is 178 Å². The van der Waals surface area contributed by atoms with Crippen LogP contribution in [0.5, 0.6) is 11.5 Å². The summed E-state index contributed by atoms with van der Waals surface area (Å²) in [5, 5.41) is 3.21. The van der Waals surface area contributed by atoms with Crippen molar-refractivity contribution in [3.8, 4) is 11.5 Å². The van der Waals surface area contributed by atoms with E-state index in [9.17, 15) is 14.4 Å². The zero-order chi connectivity index (χ0) is 22.4. The molecule has 0 spiro atoms. The predicted octanol–water partition coefficient (Wildman–Crippen LogP) is 1.61. The van der Waals surface area contributed by atoms with E-state index in [1.165, 1.54) is 25.1 Å². The van der Waals surface area contributed by atoms with E-state index in [-0.39, 0.29) is 17.9 Å². The maximum Gasteiger partial charge on any atom is 0.261 e. The number of primary amides is 1. The Bertz CT molecular complexity index is 1170. The monoisotopic (exact) mass is 424 g/mol. The van der Waals surface area contributed by atoms with Crippen LogP contribution < -0.4 is 26.1 Å². The van der Waals surface area contributed by atoms with Crippen molar-refractivity contribution in [2.75, 3.05) is 14.2 Å². The second kappa shape index (κ2) is 9.75. The molecule has 0 aliphatic carbocycles. The van der Waals surface area contributed by atoms with Crippen molar-refractivity contribution in [1.82, 2.24) is 14.9 Å². The van der Waals surface area contributed by atoms with E-state index < -0.39 is 5.91 Å². The largest absolute Gasteiger partial charge is 0.493 e. The van der Waals surface area contributed by atoms with Gasteiger partial charge in [0.05, 0.1) is 31.4 Å². The first kappa shape index (κ1) is 21.8. The van der Waals surface area contributed by atoms with Gasteiger partial charge in [0.2, 0.25) is 11.8 Å². The van der Waals surface area contributed by atoms with Crippen molar-refractivity contribution in [1.29, 1.82) is 0 Å². The molecule has 0 unspecified atom stereocenters. The Morgan fingerprint density at radius 2 is 1.87 bits per heavy atom. The molecule has 0 saturated heterocycles. The fourth-order valence-corrected chi connectivity index (χ4v) is 3.18. The SMILES string of the molecule is COc1cc2ncn(CCCC(=O)NCc3cccc(C(N)=O)c3)c(=O)c2cc1OC. The van der Waals surface area contributed by atoms with E-state index in [0.717, 1.165) is 5.56 Å². The minimum Gasteiger partial charge on any atom is -0.493 e. The normalized spacial score (nSPS) is 10.6. The minimum atomic E-state index is -0.515. The zero-order valence-electron chi connectivity index (χ0n) is 17.4. The second-order valence-corrected chi connectivity index (χ2v) is 6.91. The van der Waals surface area contributed by atoms with Crippen molar-refractivity contribution in [3.05, 3.63) is 64.2 Å². The van der Waals surface area contributed by atoms with Crippen LogP contribution in [0.4, 0.5) is 0 Å². The smallest absolute Gasteiger partial charge is 0.261 e. The van der Waals surface area contributed by atoms with Gasteiger partial charge in [-0.3, -0.25) is 19.0 Å². The van der Waals surface area contributed by atoms with E-state index in [4.69, 9.17) is 15.2 Å². The van der Waals surface area contributed by atoms with Crippen molar-refractivity contribution in [2.24, 2.45) is 5.73 Å². The Kier molecular flexibility index (Phi) is 6.86. The third-order valence-corrected chi connectivity index (χ3v) is 4.83. The van der Waals surface area contributed by atoms with Crippen molar-refractivity contribution < 1.29 is 19.1 Å². The molecular weight excluding hydrogens is 400 g/mol. The standard InChI is InChI=1S/C22H24N4O5/c1-30-18-10-16-17(11-19(18)31-2)25-13-26(22(16)29)8-4-7-20(27)24-12-14-5-3-6-15(9-14)21(23)28/h3,5-6,9-11,13H,4,7-8,12H2,1-2H3,(H2,23,28)(H,24,27). The van der Waals surface area contributed by atoms with Crippen LogP contribution in [0.15, 0.2) is 47.5 Å². The van der Waals surface area contributed by atoms with Crippen molar-refractivity contribution in [3.63, 3.8) is 0 Å². The number of rotatable bonds is 9. The maximum absolute atomic E-state index is 12.8. The summed E-state index contributed by atoms with van der Waals surface area (Å²) in [6.45, 7) is 0.639. The summed E-state index contributed by atoms with van der Waals surface area (Å²) in [5.74, 6) is 0.278. The van der Waals surface area contributed by atoms with Crippen LogP contribution in [0.1, 0.15) is 28.8 Å². The van der Waals surface area contributed by atoms with E-state index >= 15 is 0 Å². The number of aryl methyl sites for hydroxylation is 1. The number of amides is 2. The molecule has 3 N–H and O–H groups in total. The van der Waals surface area contributed by atoms with E-state index in [0.29, 0.717) is 47.5 Å². The molecule has 9 nitrogen and oxygen atoms in total. The first-order valence-electron chi connectivity index (χ1n) is 9.69. The Morgan fingerprint density at radius 1 is 1.13 bits per heavy atom. The Morgan fingerprint density at radius 3 is 2.58 bits per heavy atom. The number of carbonyl (C=O) groups excluding carboxylic acids is 2. The van der Waals surface area contributed by atoms with Gasteiger partial charge in [0, 0.05) is 31.1 Å². The predicted molar refractivity (Wildman–Crippen MR) is 115 cm³/mol. The highest BCUT2D eigenvalue weighted by Crippen LogP contribution is 2.29. The number of benzene rings is 2. The number of methoxy groups -OCH3 is 2. The van der Waals surface area contributed by atoms with Crippen LogP contribution in [0.25, 0.3) is 10.9 Å². The van der Waals surface area contributed by atoms with E-state index in [2.05, 4.69) is 10.3 Å². The topological polar surface area (TPSA) is 126 Å². The van der Waals surface area contributed by atoms with Crippen LogP contribution in [-0.2, 0) is 17.9 Å². The van der Waals surface area contributed by atoms with Crippen LogP contribution in [0.2, 0.25) is 0 Å². The number of nitrogens with two attached hydrogens (primary N) is 1. The van der Waals surface area contributed by atoms with Gasteiger partial charge in [-0.2, -0.15) is 0 Å². The number of ether oxygens (including phenoxy) is 2. The van der Waals surface area contributed by atoms with Gasteiger partial charge < -0.3 is 20.5 Å². The van der Waals surface area contributed by atoms with Crippen LogP contribution >= 0.6 is 0 Å². The molecular formula is C22H24N4O5. The lowest BCUT2D eigenvalue weighted by atomic mass is 10.1. The molecule has 0 aliphatic heterocycles. The van der Waals surface area contributed by atoms with Crippen LogP contribution in [-0.4, -0.2) is 35.6 Å². The molecule has 9 heteroatoms. The lowest BCUT2D eigenvalue weighted by Crippen LogP contribution is -2.25. The number of nitrogens with one attached hydrogen (secondary N) is 1. The van der Waals surface area contributed by atoms with Crippen LogP contribution in [0.3, 0.4) is 0 Å². The molecule has 162 valence electrons. The highest BCUT2D eigenvalue weighted by atomic mass is 16.5. The first-order valence-corrected chi connectivity index (χ1v) is 9.69.